The first-order valence-electron chi connectivity index (χ1n) is 10.0. The molecule has 2 aromatic heterocycles. The molecule has 8 heteroatoms. The van der Waals surface area contributed by atoms with Crippen LogP contribution in [0, 0.1) is 27.7 Å². The van der Waals surface area contributed by atoms with Crippen LogP contribution in [0.4, 0.5) is 0 Å². The van der Waals surface area contributed by atoms with Crippen molar-refractivity contribution in [2.24, 2.45) is 0 Å². The van der Waals surface area contributed by atoms with Crippen molar-refractivity contribution in [2.75, 3.05) is 13.2 Å². The highest BCUT2D eigenvalue weighted by atomic mass is 32.2. The third-order valence-electron chi connectivity index (χ3n) is 4.88. The third kappa shape index (κ3) is 5.86. The molecule has 1 amide bonds. The van der Waals surface area contributed by atoms with Crippen LogP contribution in [0.5, 0.6) is 5.75 Å². The number of benzene rings is 1. The predicted molar refractivity (Wildman–Crippen MR) is 120 cm³/mol. The number of pyridine rings is 1. The summed E-state index contributed by atoms with van der Waals surface area (Å²) in [5.74, 6) is 1.84. The van der Waals surface area contributed by atoms with Gasteiger partial charge in [-0.1, -0.05) is 23.4 Å². The van der Waals surface area contributed by atoms with Crippen LogP contribution in [-0.2, 0) is 5.75 Å². The second kappa shape index (κ2) is 10.5. The van der Waals surface area contributed by atoms with E-state index in [-0.39, 0.29) is 19.1 Å². The third-order valence-corrected chi connectivity index (χ3v) is 5.91. The Balaban J connectivity index is 1.55. The molecule has 0 aliphatic rings. The SMILES string of the molecule is Cc1cccc(C)c1OC[C@@H](O)CNC(=O)c1cccnc1SCc1c(C)noc1C. The molecule has 7 nitrogen and oxygen atoms in total. The van der Waals surface area contributed by atoms with Gasteiger partial charge in [0.2, 0.25) is 0 Å². The van der Waals surface area contributed by atoms with Gasteiger partial charge in [-0.05, 0) is 51.0 Å². The molecule has 1 aromatic carbocycles. The number of ether oxygens (including phenoxy) is 1. The van der Waals surface area contributed by atoms with Gasteiger partial charge in [-0.3, -0.25) is 4.79 Å². The maximum absolute atomic E-state index is 12.7. The lowest BCUT2D eigenvalue weighted by Crippen LogP contribution is -2.35. The molecular weight excluding hydrogens is 414 g/mol. The van der Waals surface area contributed by atoms with E-state index >= 15 is 0 Å². The molecule has 0 saturated heterocycles. The smallest absolute Gasteiger partial charge is 0.254 e. The summed E-state index contributed by atoms with van der Waals surface area (Å²) < 4.78 is 11.0. The van der Waals surface area contributed by atoms with E-state index in [4.69, 9.17) is 9.26 Å². The van der Waals surface area contributed by atoms with Gasteiger partial charge < -0.3 is 19.7 Å². The van der Waals surface area contributed by atoms with Crippen molar-refractivity contribution in [3.8, 4) is 5.75 Å². The van der Waals surface area contributed by atoms with E-state index in [0.29, 0.717) is 16.3 Å². The Morgan fingerprint density at radius 3 is 2.61 bits per heavy atom. The molecule has 31 heavy (non-hydrogen) atoms. The van der Waals surface area contributed by atoms with Crippen LogP contribution >= 0.6 is 11.8 Å². The van der Waals surface area contributed by atoms with Crippen LogP contribution in [0.2, 0.25) is 0 Å². The maximum atomic E-state index is 12.7. The number of aliphatic hydroxyl groups is 1. The minimum Gasteiger partial charge on any atom is -0.490 e. The van der Waals surface area contributed by atoms with Gasteiger partial charge in [0.1, 0.15) is 29.2 Å². The topological polar surface area (TPSA) is 97.5 Å². The quantitative estimate of drug-likeness (QED) is 0.488. The number of rotatable bonds is 9. The van der Waals surface area contributed by atoms with Gasteiger partial charge in [-0.2, -0.15) is 0 Å². The second-order valence-electron chi connectivity index (χ2n) is 7.34. The van der Waals surface area contributed by atoms with E-state index in [0.717, 1.165) is 33.9 Å². The Morgan fingerprint density at radius 2 is 1.94 bits per heavy atom. The first-order chi connectivity index (χ1) is 14.9. The van der Waals surface area contributed by atoms with Crippen LogP contribution in [-0.4, -0.2) is 40.4 Å². The number of aryl methyl sites for hydroxylation is 4. The van der Waals surface area contributed by atoms with E-state index in [1.807, 2.05) is 45.9 Å². The molecule has 0 unspecified atom stereocenters. The Morgan fingerprint density at radius 1 is 1.19 bits per heavy atom. The molecule has 2 N–H and O–H groups in total. The van der Waals surface area contributed by atoms with Gasteiger partial charge in [0, 0.05) is 24.1 Å². The molecule has 1 atom stereocenters. The van der Waals surface area contributed by atoms with E-state index in [9.17, 15) is 9.90 Å². The second-order valence-corrected chi connectivity index (χ2v) is 8.31. The number of aliphatic hydroxyl groups excluding tert-OH is 1. The fourth-order valence-electron chi connectivity index (χ4n) is 3.10. The summed E-state index contributed by atoms with van der Waals surface area (Å²) in [6.07, 6.45) is 0.817. The van der Waals surface area contributed by atoms with Crippen LogP contribution in [0.1, 0.15) is 38.5 Å². The molecule has 0 radical (unpaired) electrons. The number of aromatic nitrogens is 2. The molecule has 3 aromatic rings. The van der Waals surface area contributed by atoms with Crippen molar-refractivity contribution in [3.63, 3.8) is 0 Å². The standard InChI is InChI=1S/C23H27N3O4S/c1-14-7-5-8-15(2)21(14)29-12-18(27)11-25-22(28)19-9-6-10-24-23(19)31-13-20-16(3)26-30-17(20)4/h5-10,18,27H,11-13H2,1-4H3,(H,25,28)/t18-/m0/s1. The lowest BCUT2D eigenvalue weighted by molar-refractivity contribution is 0.0838. The number of carbonyl (C=O) groups excluding carboxylic acids is 1. The van der Waals surface area contributed by atoms with Crippen LogP contribution in [0.25, 0.3) is 0 Å². The lowest BCUT2D eigenvalue weighted by Gasteiger charge is -2.16. The molecular formula is C23H27N3O4S. The molecule has 2 heterocycles. The highest BCUT2D eigenvalue weighted by Crippen LogP contribution is 2.27. The van der Waals surface area contributed by atoms with Gasteiger partial charge in [0.15, 0.2) is 0 Å². The zero-order chi connectivity index (χ0) is 22.4. The molecule has 0 aliphatic carbocycles. The van der Waals surface area contributed by atoms with Gasteiger partial charge in [-0.15, -0.1) is 11.8 Å². The summed E-state index contributed by atoms with van der Waals surface area (Å²) in [6, 6.07) is 9.32. The summed E-state index contributed by atoms with van der Waals surface area (Å²) >= 11 is 1.45. The summed E-state index contributed by atoms with van der Waals surface area (Å²) in [4.78, 5) is 17.0. The summed E-state index contributed by atoms with van der Waals surface area (Å²) in [5, 5.41) is 17.6. The Kier molecular flexibility index (Phi) is 7.70. The number of hydrogen-bond donors (Lipinski definition) is 2. The Labute approximate surface area is 186 Å². The number of amides is 1. The van der Waals surface area contributed by atoms with Crippen LogP contribution in [0.3, 0.4) is 0 Å². The molecule has 164 valence electrons. The van der Waals surface area contributed by atoms with Crippen molar-refractivity contribution in [1.82, 2.24) is 15.5 Å². The molecule has 0 bridgehead atoms. The molecule has 3 rings (SSSR count). The van der Waals surface area contributed by atoms with Crippen molar-refractivity contribution in [2.45, 2.75) is 44.6 Å². The summed E-state index contributed by atoms with van der Waals surface area (Å²) in [7, 11) is 0. The summed E-state index contributed by atoms with van der Waals surface area (Å²) in [5.41, 5.74) is 4.31. The minimum absolute atomic E-state index is 0.0760. The van der Waals surface area contributed by atoms with E-state index in [1.54, 1.807) is 18.3 Å². The maximum Gasteiger partial charge on any atom is 0.254 e. The molecule has 0 spiro atoms. The van der Waals surface area contributed by atoms with Gasteiger partial charge >= 0.3 is 0 Å². The van der Waals surface area contributed by atoms with Crippen LogP contribution in [0.15, 0.2) is 46.1 Å². The fourth-order valence-corrected chi connectivity index (χ4v) is 4.24. The highest BCUT2D eigenvalue weighted by molar-refractivity contribution is 7.98. The zero-order valence-corrected chi connectivity index (χ0v) is 19.0. The largest absolute Gasteiger partial charge is 0.490 e. The van der Waals surface area contributed by atoms with Crippen molar-refractivity contribution >= 4 is 17.7 Å². The monoisotopic (exact) mass is 441 g/mol. The zero-order valence-electron chi connectivity index (χ0n) is 18.1. The fraction of sp³-hybridized carbons (Fsp3) is 0.348. The van der Waals surface area contributed by atoms with Crippen molar-refractivity contribution < 1.29 is 19.2 Å². The number of nitrogens with one attached hydrogen (secondary N) is 1. The predicted octanol–water partition coefficient (Wildman–Crippen LogP) is 3.77. The van der Waals surface area contributed by atoms with Gasteiger partial charge in [0.05, 0.1) is 11.3 Å². The first-order valence-corrected chi connectivity index (χ1v) is 11.0. The van der Waals surface area contributed by atoms with Gasteiger partial charge in [-0.25, -0.2) is 4.98 Å². The number of carbonyl (C=O) groups is 1. The van der Waals surface area contributed by atoms with E-state index < -0.39 is 6.10 Å². The number of para-hydroxylation sites is 1. The lowest BCUT2D eigenvalue weighted by atomic mass is 10.1. The van der Waals surface area contributed by atoms with Gasteiger partial charge in [0.25, 0.3) is 5.91 Å². The highest BCUT2D eigenvalue weighted by Gasteiger charge is 2.17. The average Bonchev–Trinajstić information content (AvgIpc) is 3.07. The number of hydrogen-bond acceptors (Lipinski definition) is 7. The molecule has 0 fully saturated rings. The number of nitrogens with zero attached hydrogens (tertiary/aromatic N) is 2. The summed E-state index contributed by atoms with van der Waals surface area (Å²) in [6.45, 7) is 7.84. The minimum atomic E-state index is -0.835. The average molecular weight is 442 g/mol. The first kappa shape index (κ1) is 22.8. The van der Waals surface area contributed by atoms with Crippen LogP contribution < -0.4 is 10.1 Å². The normalized spacial score (nSPS) is 11.9. The Bertz CT molecular complexity index is 1010. The van der Waals surface area contributed by atoms with Crippen molar-refractivity contribution in [3.05, 3.63) is 70.2 Å². The van der Waals surface area contributed by atoms with E-state index in [1.165, 1.54) is 11.8 Å². The van der Waals surface area contributed by atoms with Crippen molar-refractivity contribution in [1.29, 1.82) is 0 Å². The molecule has 0 aliphatic heterocycles. The number of thioether (sulfide) groups is 1. The Hall–Kier alpha value is -2.84. The molecule has 0 saturated carbocycles. The van der Waals surface area contributed by atoms with E-state index in [2.05, 4.69) is 15.5 Å².